The van der Waals surface area contributed by atoms with Crippen LogP contribution in [0, 0.1) is 0 Å². The van der Waals surface area contributed by atoms with Crippen LogP contribution in [0.4, 0.5) is 10.5 Å². The Morgan fingerprint density at radius 2 is 2.00 bits per heavy atom. The van der Waals surface area contributed by atoms with Crippen LogP contribution in [0.25, 0.3) is 0 Å². The largest absolute Gasteiger partial charge is 0.362 e. The summed E-state index contributed by atoms with van der Waals surface area (Å²) in [5.41, 5.74) is 2.70. The lowest BCUT2D eigenvalue weighted by Crippen LogP contribution is -2.39. The fourth-order valence-corrected chi connectivity index (χ4v) is 5.49. The van der Waals surface area contributed by atoms with Crippen molar-refractivity contribution in [2.45, 2.75) is 30.7 Å². The van der Waals surface area contributed by atoms with E-state index in [-0.39, 0.29) is 17.5 Å². The molecular weight excluding hydrogens is 420 g/mol. The maximum Gasteiger partial charge on any atom is 0.331 e. The van der Waals surface area contributed by atoms with Gasteiger partial charge in [-0.15, -0.1) is 0 Å². The maximum atomic E-state index is 13.2. The molecule has 0 bridgehead atoms. The highest BCUT2D eigenvalue weighted by molar-refractivity contribution is 7.89. The van der Waals surface area contributed by atoms with Gasteiger partial charge in [-0.1, -0.05) is 37.3 Å². The molecule has 2 N–H and O–H groups in total. The summed E-state index contributed by atoms with van der Waals surface area (Å²) < 4.78 is 27.3. The smallest absolute Gasteiger partial charge is 0.331 e. The van der Waals surface area contributed by atoms with Gasteiger partial charge in [0.05, 0.1) is 17.5 Å². The Morgan fingerprint density at radius 1 is 1.23 bits per heavy atom. The van der Waals surface area contributed by atoms with Crippen molar-refractivity contribution in [2.24, 2.45) is 0 Å². The van der Waals surface area contributed by atoms with E-state index >= 15 is 0 Å². The second-order valence-electron chi connectivity index (χ2n) is 7.37. The predicted octanol–water partition coefficient (Wildman–Crippen LogP) is 2.79. The number of anilines is 1. The quantitative estimate of drug-likeness (QED) is 0.691. The van der Waals surface area contributed by atoms with Crippen molar-refractivity contribution in [2.75, 3.05) is 24.5 Å². The number of hydrogen-bond acceptors (Lipinski definition) is 4. The van der Waals surface area contributed by atoms with Gasteiger partial charge < -0.3 is 15.5 Å². The summed E-state index contributed by atoms with van der Waals surface area (Å²) in [7, 11) is -3.95. The lowest BCUT2D eigenvalue weighted by molar-refractivity contribution is 0.235. The van der Waals surface area contributed by atoms with Gasteiger partial charge in [0.1, 0.15) is 0 Å². The molecule has 1 unspecified atom stereocenters. The predicted molar refractivity (Wildman–Crippen MR) is 120 cm³/mol. The number of hydrogen-bond donors (Lipinski definition) is 2. The van der Waals surface area contributed by atoms with Gasteiger partial charge in [-0.3, -0.25) is 0 Å². The number of benzene rings is 2. The SMILES string of the molecule is CCCNC(=S)N1CCc2cc(S(=O)(=O)N3CC(c4ccccc4)NC3=O)ccc21. The Labute approximate surface area is 182 Å². The van der Waals surface area contributed by atoms with E-state index in [1.54, 1.807) is 18.2 Å². The number of urea groups is 1. The van der Waals surface area contributed by atoms with E-state index in [9.17, 15) is 13.2 Å². The van der Waals surface area contributed by atoms with Crippen molar-refractivity contribution in [1.29, 1.82) is 0 Å². The summed E-state index contributed by atoms with van der Waals surface area (Å²) in [6, 6.07) is 13.4. The second kappa shape index (κ2) is 8.23. The zero-order valence-electron chi connectivity index (χ0n) is 16.7. The van der Waals surface area contributed by atoms with Gasteiger partial charge in [0, 0.05) is 18.8 Å². The zero-order chi connectivity index (χ0) is 21.3. The molecule has 2 aliphatic rings. The molecule has 0 spiro atoms. The van der Waals surface area contributed by atoms with Crippen molar-refractivity contribution in [3.05, 3.63) is 59.7 Å². The van der Waals surface area contributed by atoms with Crippen molar-refractivity contribution < 1.29 is 13.2 Å². The monoisotopic (exact) mass is 444 g/mol. The van der Waals surface area contributed by atoms with Crippen molar-refractivity contribution >= 4 is 39.1 Å². The summed E-state index contributed by atoms with van der Waals surface area (Å²) >= 11 is 5.46. The van der Waals surface area contributed by atoms with E-state index in [0.717, 1.165) is 34.1 Å². The summed E-state index contributed by atoms with van der Waals surface area (Å²) in [6.07, 6.45) is 1.67. The number of rotatable bonds is 5. The van der Waals surface area contributed by atoms with Crippen LogP contribution in [0.15, 0.2) is 53.4 Å². The molecule has 2 amide bonds. The zero-order valence-corrected chi connectivity index (χ0v) is 18.3. The summed E-state index contributed by atoms with van der Waals surface area (Å²) in [5.74, 6) is 0. The average molecular weight is 445 g/mol. The number of nitrogens with one attached hydrogen (secondary N) is 2. The standard InChI is InChI=1S/C21H24N4O3S2/c1-2-11-22-21(29)24-12-10-16-13-17(8-9-19(16)24)30(27,28)25-14-18(23-20(25)26)15-6-4-3-5-7-15/h3-9,13,18H,2,10-12,14H2,1H3,(H,22,29)(H,23,26). The lowest BCUT2D eigenvalue weighted by Gasteiger charge is -2.21. The fourth-order valence-electron chi connectivity index (χ4n) is 3.80. The molecule has 0 aliphatic carbocycles. The normalized spacial score (nSPS) is 18.3. The van der Waals surface area contributed by atoms with Crippen molar-refractivity contribution in [1.82, 2.24) is 14.9 Å². The first-order valence-corrected chi connectivity index (χ1v) is 11.8. The number of nitrogens with zero attached hydrogens (tertiary/aromatic N) is 2. The topological polar surface area (TPSA) is 81.8 Å². The van der Waals surface area contributed by atoms with Crippen LogP contribution in [-0.4, -0.2) is 43.5 Å². The molecule has 0 radical (unpaired) electrons. The van der Waals surface area contributed by atoms with E-state index in [1.807, 2.05) is 35.2 Å². The Morgan fingerprint density at radius 3 is 2.73 bits per heavy atom. The van der Waals surface area contributed by atoms with Crippen LogP contribution >= 0.6 is 12.2 Å². The van der Waals surface area contributed by atoms with Gasteiger partial charge in [0.25, 0.3) is 10.0 Å². The average Bonchev–Trinajstić information content (AvgIpc) is 3.36. The third-order valence-corrected chi connectivity index (χ3v) is 7.49. The van der Waals surface area contributed by atoms with Crippen LogP contribution in [0.3, 0.4) is 0 Å². The molecule has 4 rings (SSSR count). The van der Waals surface area contributed by atoms with Crippen molar-refractivity contribution in [3.63, 3.8) is 0 Å². The highest BCUT2D eigenvalue weighted by Crippen LogP contribution is 2.32. The molecule has 2 aliphatic heterocycles. The Bertz CT molecular complexity index is 1070. The molecule has 2 heterocycles. The van der Waals surface area contributed by atoms with Crippen LogP contribution in [0.2, 0.25) is 0 Å². The van der Waals surface area contributed by atoms with Gasteiger partial charge in [-0.05, 0) is 54.4 Å². The third kappa shape index (κ3) is 3.75. The number of carbonyl (C=O) groups excluding carboxylic acids is 1. The van der Waals surface area contributed by atoms with Crippen molar-refractivity contribution in [3.8, 4) is 0 Å². The molecule has 1 saturated heterocycles. The van der Waals surface area contributed by atoms with Crippen LogP contribution < -0.4 is 15.5 Å². The number of fused-ring (bicyclic) bond motifs is 1. The molecule has 158 valence electrons. The second-order valence-corrected chi connectivity index (χ2v) is 9.62. The molecule has 0 aromatic heterocycles. The molecule has 1 fully saturated rings. The third-order valence-electron chi connectivity index (χ3n) is 5.38. The molecule has 2 aromatic carbocycles. The summed E-state index contributed by atoms with van der Waals surface area (Å²) in [4.78, 5) is 14.6. The number of sulfonamides is 1. The summed E-state index contributed by atoms with van der Waals surface area (Å²) in [6.45, 7) is 3.64. The summed E-state index contributed by atoms with van der Waals surface area (Å²) in [5, 5.41) is 6.62. The Balaban J connectivity index is 1.56. The van der Waals surface area contributed by atoms with E-state index < -0.39 is 16.1 Å². The number of carbonyl (C=O) groups is 1. The molecule has 7 nitrogen and oxygen atoms in total. The number of amides is 2. The minimum atomic E-state index is -3.95. The Hall–Kier alpha value is -2.65. The fraction of sp³-hybridized carbons (Fsp3) is 0.333. The molecule has 1 atom stereocenters. The molecule has 9 heteroatoms. The first kappa shape index (κ1) is 20.6. The highest BCUT2D eigenvalue weighted by atomic mass is 32.2. The first-order valence-electron chi connectivity index (χ1n) is 9.98. The van der Waals surface area contributed by atoms with Gasteiger partial charge >= 0.3 is 6.03 Å². The van der Waals surface area contributed by atoms with Gasteiger partial charge in [0.2, 0.25) is 0 Å². The van der Waals surface area contributed by atoms with Gasteiger partial charge in [-0.25, -0.2) is 17.5 Å². The highest BCUT2D eigenvalue weighted by Gasteiger charge is 2.39. The van der Waals surface area contributed by atoms with Gasteiger partial charge in [-0.2, -0.15) is 0 Å². The number of thiocarbonyl (C=S) groups is 1. The molecule has 0 saturated carbocycles. The minimum absolute atomic E-state index is 0.0689. The van der Waals surface area contributed by atoms with E-state index in [0.29, 0.717) is 18.1 Å². The van der Waals surface area contributed by atoms with E-state index in [2.05, 4.69) is 17.6 Å². The van der Waals surface area contributed by atoms with Crippen LogP contribution in [-0.2, 0) is 16.4 Å². The maximum absolute atomic E-state index is 13.2. The first-order chi connectivity index (χ1) is 14.4. The lowest BCUT2D eigenvalue weighted by atomic mass is 10.1. The van der Waals surface area contributed by atoms with Crippen LogP contribution in [0.5, 0.6) is 0 Å². The van der Waals surface area contributed by atoms with Gasteiger partial charge in [0.15, 0.2) is 5.11 Å². The molecule has 30 heavy (non-hydrogen) atoms. The molecule has 2 aromatic rings. The Kier molecular flexibility index (Phi) is 5.66. The minimum Gasteiger partial charge on any atom is -0.362 e. The van der Waals surface area contributed by atoms with Crippen LogP contribution in [0.1, 0.15) is 30.5 Å². The van der Waals surface area contributed by atoms with E-state index in [4.69, 9.17) is 12.2 Å². The molecular formula is C21H24N4O3S2. The van der Waals surface area contributed by atoms with E-state index in [1.165, 1.54) is 0 Å².